The van der Waals surface area contributed by atoms with Crippen molar-refractivity contribution in [2.24, 2.45) is 0 Å². The van der Waals surface area contributed by atoms with Gasteiger partial charge in [-0.1, -0.05) is 48.0 Å². The van der Waals surface area contributed by atoms with Crippen molar-refractivity contribution in [2.45, 2.75) is 11.8 Å². The largest absolute Gasteiger partial charge is 0.338 e. The van der Waals surface area contributed by atoms with Crippen molar-refractivity contribution in [3.63, 3.8) is 0 Å². The summed E-state index contributed by atoms with van der Waals surface area (Å²) >= 11 is 6.08. The molecule has 1 heterocycles. The highest BCUT2D eigenvalue weighted by Crippen LogP contribution is 2.25. The highest BCUT2D eigenvalue weighted by atomic mass is 35.5. The van der Waals surface area contributed by atoms with E-state index in [0.29, 0.717) is 27.6 Å². The van der Waals surface area contributed by atoms with Crippen molar-refractivity contribution in [2.75, 3.05) is 4.72 Å². The standard InChI is InChI=1S/C20H16ClN3O2S/c1-13-7-8-15(11-17(13)21)24-27(25,26)16-9-10-18-19(12-16)23-20(22-18)14-5-3-2-4-6-14/h2-12,24H,1H3,(H,22,23). The van der Waals surface area contributed by atoms with Gasteiger partial charge in [-0.05, 0) is 42.8 Å². The molecule has 0 aliphatic rings. The minimum atomic E-state index is -3.75. The van der Waals surface area contributed by atoms with E-state index in [1.807, 2.05) is 37.3 Å². The van der Waals surface area contributed by atoms with E-state index in [1.54, 1.807) is 30.3 Å². The van der Waals surface area contributed by atoms with Gasteiger partial charge in [0.25, 0.3) is 10.0 Å². The van der Waals surface area contributed by atoms with Gasteiger partial charge in [-0.2, -0.15) is 0 Å². The van der Waals surface area contributed by atoms with Crippen LogP contribution in [-0.4, -0.2) is 18.4 Å². The first-order valence-electron chi connectivity index (χ1n) is 8.26. The van der Waals surface area contributed by atoms with Crippen LogP contribution in [0, 0.1) is 6.92 Å². The molecule has 3 aromatic carbocycles. The molecular weight excluding hydrogens is 382 g/mol. The molecular formula is C20H16ClN3O2S. The van der Waals surface area contributed by atoms with Crippen LogP contribution in [0.1, 0.15) is 5.56 Å². The fourth-order valence-electron chi connectivity index (χ4n) is 2.76. The minimum Gasteiger partial charge on any atom is -0.338 e. The molecule has 0 bridgehead atoms. The summed E-state index contributed by atoms with van der Waals surface area (Å²) in [5, 5.41) is 0.506. The zero-order valence-corrected chi connectivity index (χ0v) is 16.0. The maximum absolute atomic E-state index is 12.7. The summed E-state index contributed by atoms with van der Waals surface area (Å²) in [6.45, 7) is 1.86. The predicted molar refractivity (Wildman–Crippen MR) is 109 cm³/mol. The molecule has 4 aromatic rings. The number of rotatable bonds is 4. The van der Waals surface area contributed by atoms with Gasteiger partial charge in [0.05, 0.1) is 21.6 Å². The van der Waals surface area contributed by atoms with Crippen molar-refractivity contribution < 1.29 is 8.42 Å². The lowest BCUT2D eigenvalue weighted by atomic mass is 10.2. The highest BCUT2D eigenvalue weighted by molar-refractivity contribution is 7.92. The average Bonchev–Trinajstić information content (AvgIpc) is 3.09. The number of sulfonamides is 1. The van der Waals surface area contributed by atoms with Crippen LogP contribution in [0.2, 0.25) is 5.02 Å². The molecule has 5 nitrogen and oxygen atoms in total. The Morgan fingerprint density at radius 1 is 1.00 bits per heavy atom. The van der Waals surface area contributed by atoms with Gasteiger partial charge in [-0.15, -0.1) is 0 Å². The lowest BCUT2D eigenvalue weighted by Gasteiger charge is -2.09. The molecule has 0 fully saturated rings. The van der Waals surface area contributed by atoms with Crippen LogP contribution >= 0.6 is 11.6 Å². The number of hydrogen-bond donors (Lipinski definition) is 2. The Kier molecular flexibility index (Phi) is 4.37. The van der Waals surface area contributed by atoms with E-state index in [-0.39, 0.29) is 4.90 Å². The number of hydrogen-bond acceptors (Lipinski definition) is 3. The van der Waals surface area contributed by atoms with E-state index in [4.69, 9.17) is 11.6 Å². The smallest absolute Gasteiger partial charge is 0.261 e. The number of imidazole rings is 1. The van der Waals surface area contributed by atoms with Crippen LogP contribution in [0.15, 0.2) is 71.6 Å². The van der Waals surface area contributed by atoms with Crippen LogP contribution in [-0.2, 0) is 10.0 Å². The molecule has 1 aromatic heterocycles. The van der Waals surface area contributed by atoms with E-state index in [0.717, 1.165) is 11.1 Å². The summed E-state index contributed by atoms with van der Waals surface area (Å²) in [6.07, 6.45) is 0. The third kappa shape index (κ3) is 3.54. The van der Waals surface area contributed by atoms with Gasteiger partial charge < -0.3 is 4.98 Å². The number of fused-ring (bicyclic) bond motifs is 1. The average molecular weight is 398 g/mol. The minimum absolute atomic E-state index is 0.148. The third-order valence-corrected chi connectivity index (χ3v) is 6.02. The number of H-pyrrole nitrogens is 1. The first-order chi connectivity index (χ1) is 12.9. The van der Waals surface area contributed by atoms with Crippen LogP contribution in [0.5, 0.6) is 0 Å². The number of nitrogens with one attached hydrogen (secondary N) is 2. The van der Waals surface area contributed by atoms with Gasteiger partial charge in [0.15, 0.2) is 0 Å². The quantitative estimate of drug-likeness (QED) is 0.509. The highest BCUT2D eigenvalue weighted by Gasteiger charge is 2.16. The zero-order chi connectivity index (χ0) is 19.0. The van der Waals surface area contributed by atoms with Crippen molar-refractivity contribution in [1.82, 2.24) is 9.97 Å². The van der Waals surface area contributed by atoms with Crippen LogP contribution < -0.4 is 4.72 Å². The molecule has 0 amide bonds. The Morgan fingerprint density at radius 2 is 1.78 bits per heavy atom. The van der Waals surface area contributed by atoms with Crippen molar-refractivity contribution in [3.8, 4) is 11.4 Å². The second kappa shape index (κ2) is 6.72. The van der Waals surface area contributed by atoms with Gasteiger partial charge in [-0.25, -0.2) is 13.4 Å². The second-order valence-corrected chi connectivity index (χ2v) is 8.29. The molecule has 0 saturated carbocycles. The number of aromatic nitrogens is 2. The molecule has 7 heteroatoms. The van der Waals surface area contributed by atoms with Gasteiger partial charge >= 0.3 is 0 Å². The maximum atomic E-state index is 12.7. The maximum Gasteiger partial charge on any atom is 0.261 e. The van der Waals surface area contributed by atoms with E-state index in [9.17, 15) is 8.42 Å². The molecule has 2 N–H and O–H groups in total. The number of benzene rings is 3. The Bertz CT molecular complexity index is 1230. The van der Waals surface area contributed by atoms with E-state index < -0.39 is 10.0 Å². The van der Waals surface area contributed by atoms with Crippen molar-refractivity contribution >= 4 is 38.3 Å². The lowest BCUT2D eigenvalue weighted by molar-refractivity contribution is 0.601. The lowest BCUT2D eigenvalue weighted by Crippen LogP contribution is -2.12. The Morgan fingerprint density at radius 3 is 2.52 bits per heavy atom. The fourth-order valence-corrected chi connectivity index (χ4v) is 4.01. The first kappa shape index (κ1) is 17.6. The molecule has 136 valence electrons. The van der Waals surface area contributed by atoms with Crippen LogP contribution in [0.4, 0.5) is 5.69 Å². The Labute approximate surface area is 162 Å². The predicted octanol–water partition coefficient (Wildman–Crippen LogP) is 4.99. The number of aryl methyl sites for hydroxylation is 1. The van der Waals surface area contributed by atoms with Gasteiger partial charge in [0.1, 0.15) is 5.82 Å². The van der Waals surface area contributed by atoms with Gasteiger partial charge in [-0.3, -0.25) is 4.72 Å². The SMILES string of the molecule is Cc1ccc(NS(=O)(=O)c2ccc3nc(-c4ccccc4)[nH]c3c2)cc1Cl. The molecule has 4 rings (SSSR count). The topological polar surface area (TPSA) is 74.8 Å². The van der Waals surface area contributed by atoms with E-state index in [1.165, 1.54) is 6.07 Å². The molecule has 0 aliphatic heterocycles. The monoisotopic (exact) mass is 397 g/mol. The molecule has 0 saturated heterocycles. The molecule has 0 atom stereocenters. The number of nitrogens with zero attached hydrogens (tertiary/aromatic N) is 1. The van der Waals surface area contributed by atoms with E-state index in [2.05, 4.69) is 14.7 Å². The summed E-state index contributed by atoms with van der Waals surface area (Å²) in [4.78, 5) is 7.85. The number of halogens is 1. The molecule has 27 heavy (non-hydrogen) atoms. The van der Waals surface area contributed by atoms with Crippen molar-refractivity contribution in [1.29, 1.82) is 0 Å². The number of aromatic amines is 1. The van der Waals surface area contributed by atoms with Crippen molar-refractivity contribution in [3.05, 3.63) is 77.3 Å². The van der Waals surface area contributed by atoms with E-state index >= 15 is 0 Å². The van der Waals surface area contributed by atoms with Crippen LogP contribution in [0.25, 0.3) is 22.4 Å². The Balaban J connectivity index is 1.69. The number of anilines is 1. The zero-order valence-electron chi connectivity index (χ0n) is 14.4. The second-order valence-electron chi connectivity index (χ2n) is 6.20. The molecule has 0 spiro atoms. The van der Waals surface area contributed by atoms with Gasteiger partial charge in [0, 0.05) is 10.6 Å². The summed E-state index contributed by atoms with van der Waals surface area (Å²) in [5.41, 5.74) is 3.59. The van der Waals surface area contributed by atoms with Crippen LogP contribution in [0.3, 0.4) is 0 Å². The normalized spacial score (nSPS) is 11.6. The summed E-state index contributed by atoms with van der Waals surface area (Å²) < 4.78 is 28.0. The summed E-state index contributed by atoms with van der Waals surface area (Å²) in [7, 11) is -3.75. The molecule has 0 radical (unpaired) electrons. The van der Waals surface area contributed by atoms with Gasteiger partial charge in [0.2, 0.25) is 0 Å². The third-order valence-electron chi connectivity index (χ3n) is 4.23. The summed E-state index contributed by atoms with van der Waals surface area (Å²) in [6, 6.07) is 19.5. The molecule has 0 unspecified atom stereocenters. The first-order valence-corrected chi connectivity index (χ1v) is 10.1. The fraction of sp³-hybridized carbons (Fsp3) is 0.0500. The molecule has 0 aliphatic carbocycles. The Hall–Kier alpha value is -2.83. The summed E-state index contributed by atoms with van der Waals surface area (Å²) in [5.74, 6) is 0.693.